The topological polar surface area (TPSA) is 52.3 Å². The first-order valence-electron chi connectivity index (χ1n) is 1.92. The van der Waals surface area contributed by atoms with Crippen LogP contribution in [-0.4, -0.2) is 12.4 Å². The largest absolute Gasteiger partial charge is 0.471 e. The Bertz CT molecular complexity index is 128. The van der Waals surface area contributed by atoms with E-state index >= 15 is 0 Å². The van der Waals surface area contributed by atoms with Crippen molar-refractivity contribution in [1.29, 1.82) is 0 Å². The van der Waals surface area contributed by atoms with Crippen molar-refractivity contribution in [2.24, 2.45) is 5.73 Å². The van der Waals surface area contributed by atoms with Crippen LogP contribution in [0.4, 0.5) is 0 Å². The maximum absolute atomic E-state index is 10.2. The molecule has 0 saturated carbocycles. The second-order valence-corrected chi connectivity index (χ2v) is 1.30. The molecule has 0 spiro atoms. The lowest BCUT2D eigenvalue weighted by atomic mass is 10.4. The van der Waals surface area contributed by atoms with Crippen molar-refractivity contribution in [3.63, 3.8) is 0 Å². The highest BCUT2D eigenvalue weighted by atomic mass is 16.5. The number of carbonyl (C=O) groups excluding carboxylic acids is 1. The lowest BCUT2D eigenvalue weighted by Gasteiger charge is -1.88. The van der Waals surface area contributed by atoms with Crippen LogP contribution in [0, 0.1) is 0 Å². The van der Waals surface area contributed by atoms with E-state index in [0.29, 0.717) is 0 Å². The second-order valence-electron chi connectivity index (χ2n) is 1.30. The van der Waals surface area contributed by atoms with Gasteiger partial charge in [-0.3, -0.25) is 4.79 Å². The van der Waals surface area contributed by atoms with Crippen molar-refractivity contribution in [1.82, 2.24) is 0 Å². The molecule has 1 aliphatic rings. The van der Waals surface area contributed by atoms with Crippen molar-refractivity contribution < 1.29 is 9.53 Å². The third kappa shape index (κ3) is 0.707. The normalized spacial score (nSPS) is 18.9. The smallest absolute Gasteiger partial charge is 0.198 e. The SMILES string of the molecule is NC1=CC(=O)CO1. The predicted molar refractivity (Wildman–Crippen MR) is 23.2 cm³/mol. The molecule has 0 fully saturated rings. The Morgan fingerprint density at radius 2 is 2.57 bits per heavy atom. The minimum atomic E-state index is -0.0579. The molecule has 1 heterocycles. The van der Waals surface area contributed by atoms with Gasteiger partial charge in [-0.05, 0) is 0 Å². The summed E-state index contributed by atoms with van der Waals surface area (Å²) >= 11 is 0. The Kier molecular flexibility index (Phi) is 0.749. The number of hydrogen-bond acceptors (Lipinski definition) is 3. The van der Waals surface area contributed by atoms with Crippen LogP contribution in [0.5, 0.6) is 0 Å². The quantitative estimate of drug-likeness (QED) is 0.440. The van der Waals surface area contributed by atoms with Gasteiger partial charge in [0.25, 0.3) is 0 Å². The van der Waals surface area contributed by atoms with E-state index in [2.05, 4.69) is 4.74 Å². The van der Waals surface area contributed by atoms with E-state index in [1.165, 1.54) is 6.08 Å². The molecule has 1 aliphatic heterocycles. The highest BCUT2D eigenvalue weighted by Crippen LogP contribution is 1.96. The fraction of sp³-hybridized carbons (Fsp3) is 0.250. The van der Waals surface area contributed by atoms with E-state index in [0.717, 1.165) is 0 Å². The molecule has 0 aromatic heterocycles. The van der Waals surface area contributed by atoms with Gasteiger partial charge in [0.15, 0.2) is 18.3 Å². The predicted octanol–water partition coefficient (Wildman–Crippen LogP) is -0.614. The number of hydrogen-bond donors (Lipinski definition) is 1. The molecular formula is C4H5NO2. The van der Waals surface area contributed by atoms with Crippen LogP contribution >= 0.6 is 0 Å². The minimum Gasteiger partial charge on any atom is -0.471 e. The molecule has 0 bridgehead atoms. The summed E-state index contributed by atoms with van der Waals surface area (Å²) in [6.07, 6.45) is 1.28. The van der Waals surface area contributed by atoms with Crippen molar-refractivity contribution in [3.05, 3.63) is 12.0 Å². The first-order valence-corrected chi connectivity index (χ1v) is 1.92. The fourth-order valence-electron chi connectivity index (χ4n) is 0.396. The monoisotopic (exact) mass is 99.0 g/mol. The van der Waals surface area contributed by atoms with Gasteiger partial charge in [-0.25, -0.2) is 0 Å². The summed E-state index contributed by atoms with van der Waals surface area (Å²) in [4.78, 5) is 10.2. The van der Waals surface area contributed by atoms with Crippen LogP contribution in [0.1, 0.15) is 0 Å². The zero-order chi connectivity index (χ0) is 5.28. The summed E-state index contributed by atoms with van der Waals surface area (Å²) in [5.41, 5.74) is 5.04. The molecule has 0 saturated heterocycles. The van der Waals surface area contributed by atoms with E-state index in [-0.39, 0.29) is 18.3 Å². The number of ether oxygens (including phenoxy) is 1. The zero-order valence-electron chi connectivity index (χ0n) is 3.68. The molecule has 0 atom stereocenters. The molecule has 3 nitrogen and oxygen atoms in total. The van der Waals surface area contributed by atoms with Crippen molar-refractivity contribution in [2.75, 3.05) is 6.61 Å². The summed E-state index contributed by atoms with van der Waals surface area (Å²) in [7, 11) is 0. The molecule has 0 aromatic carbocycles. The number of rotatable bonds is 0. The highest BCUT2D eigenvalue weighted by Gasteiger charge is 2.07. The Labute approximate surface area is 40.8 Å². The average Bonchev–Trinajstić information content (AvgIpc) is 1.87. The Hall–Kier alpha value is -0.990. The van der Waals surface area contributed by atoms with Gasteiger partial charge in [-0.15, -0.1) is 0 Å². The second kappa shape index (κ2) is 1.26. The first kappa shape index (κ1) is 4.18. The Morgan fingerprint density at radius 3 is 2.71 bits per heavy atom. The lowest BCUT2D eigenvalue weighted by molar-refractivity contribution is -0.115. The maximum atomic E-state index is 10.2. The van der Waals surface area contributed by atoms with Crippen LogP contribution in [0.3, 0.4) is 0 Å². The summed E-state index contributed by atoms with van der Waals surface area (Å²) in [5.74, 6) is 0.169. The molecule has 38 valence electrons. The molecule has 1 rings (SSSR count). The van der Waals surface area contributed by atoms with Gasteiger partial charge in [0.1, 0.15) is 0 Å². The van der Waals surface area contributed by atoms with Gasteiger partial charge < -0.3 is 10.5 Å². The number of ketones is 1. The van der Waals surface area contributed by atoms with Gasteiger partial charge >= 0.3 is 0 Å². The summed E-state index contributed by atoms with van der Waals surface area (Å²) in [5, 5.41) is 0. The number of carbonyl (C=O) groups is 1. The van der Waals surface area contributed by atoms with Crippen molar-refractivity contribution in [2.45, 2.75) is 0 Å². The summed E-state index contributed by atoms with van der Waals surface area (Å²) < 4.78 is 4.55. The van der Waals surface area contributed by atoms with Crippen LogP contribution < -0.4 is 5.73 Å². The van der Waals surface area contributed by atoms with Gasteiger partial charge in [-0.2, -0.15) is 0 Å². The molecule has 0 aromatic rings. The standard InChI is InChI=1S/C4H5NO2/c5-4-1-3(6)2-7-4/h1H,2,5H2. The first-order chi connectivity index (χ1) is 3.29. The minimum absolute atomic E-state index is 0.0579. The molecule has 0 aliphatic carbocycles. The van der Waals surface area contributed by atoms with E-state index in [4.69, 9.17) is 5.73 Å². The molecule has 0 unspecified atom stereocenters. The van der Waals surface area contributed by atoms with E-state index in [1.54, 1.807) is 0 Å². The van der Waals surface area contributed by atoms with Crippen LogP contribution in [0.15, 0.2) is 12.0 Å². The Balaban J connectivity index is 2.67. The van der Waals surface area contributed by atoms with Gasteiger partial charge in [0, 0.05) is 6.08 Å². The van der Waals surface area contributed by atoms with Crippen molar-refractivity contribution >= 4 is 5.78 Å². The fourth-order valence-corrected chi connectivity index (χ4v) is 0.396. The van der Waals surface area contributed by atoms with Gasteiger partial charge in [0.2, 0.25) is 0 Å². The molecule has 3 heteroatoms. The van der Waals surface area contributed by atoms with Crippen LogP contribution in [-0.2, 0) is 9.53 Å². The average molecular weight is 99.1 g/mol. The van der Waals surface area contributed by atoms with Gasteiger partial charge in [0.05, 0.1) is 0 Å². The molecule has 0 radical (unpaired) electrons. The van der Waals surface area contributed by atoms with Crippen molar-refractivity contribution in [3.8, 4) is 0 Å². The zero-order valence-corrected chi connectivity index (χ0v) is 3.68. The molecule has 7 heavy (non-hydrogen) atoms. The van der Waals surface area contributed by atoms with Crippen LogP contribution in [0.25, 0.3) is 0 Å². The van der Waals surface area contributed by atoms with Gasteiger partial charge in [-0.1, -0.05) is 0 Å². The highest BCUT2D eigenvalue weighted by molar-refractivity contribution is 5.92. The van der Waals surface area contributed by atoms with Crippen LogP contribution in [0.2, 0.25) is 0 Å². The summed E-state index contributed by atoms with van der Waals surface area (Å²) in [6, 6.07) is 0. The number of nitrogens with two attached hydrogens (primary N) is 1. The molecular weight excluding hydrogens is 94.0 g/mol. The third-order valence-electron chi connectivity index (χ3n) is 0.684. The van der Waals surface area contributed by atoms with E-state index < -0.39 is 0 Å². The molecule has 0 amide bonds. The Morgan fingerprint density at radius 1 is 1.86 bits per heavy atom. The molecule has 2 N–H and O–H groups in total. The summed E-state index contributed by atoms with van der Waals surface area (Å²) in [6.45, 7) is 0.117. The van der Waals surface area contributed by atoms with E-state index in [1.807, 2.05) is 0 Å². The van der Waals surface area contributed by atoms with E-state index in [9.17, 15) is 4.79 Å². The lowest BCUT2D eigenvalue weighted by Crippen LogP contribution is -1.96. The maximum Gasteiger partial charge on any atom is 0.198 e. The third-order valence-corrected chi connectivity index (χ3v) is 0.684.